The highest BCUT2D eigenvalue weighted by atomic mass is 32.2. The molecule has 0 unspecified atom stereocenters. The average molecular weight is 448 g/mol. The third-order valence-corrected chi connectivity index (χ3v) is 6.00. The summed E-state index contributed by atoms with van der Waals surface area (Å²) in [6.45, 7) is 1.82. The highest BCUT2D eigenvalue weighted by Gasteiger charge is 2.20. The summed E-state index contributed by atoms with van der Waals surface area (Å²) < 4.78 is 34.8. The van der Waals surface area contributed by atoms with E-state index < -0.39 is 15.9 Å². The number of benzene rings is 3. The molecular weight excluding hydrogens is 426 g/mol. The molecule has 0 bridgehead atoms. The zero-order valence-corrected chi connectivity index (χ0v) is 18.1. The van der Waals surface area contributed by atoms with E-state index in [0.717, 1.165) is 11.4 Å². The number of para-hydroxylation sites is 2. The molecule has 0 fully saturated rings. The third kappa shape index (κ3) is 5.04. The van der Waals surface area contributed by atoms with Crippen LogP contribution in [0.4, 0.5) is 0 Å². The fraction of sp³-hybridized carbons (Fsp3) is 0.0833. The van der Waals surface area contributed by atoms with Gasteiger partial charge in [-0.05, 0) is 61.5 Å². The average Bonchev–Trinajstić information content (AvgIpc) is 3.15. The Bertz CT molecular complexity index is 1320. The molecule has 0 saturated heterocycles. The third-order valence-electron chi connectivity index (χ3n) is 4.61. The molecule has 1 heterocycles. The minimum Gasteiger partial charge on any atom is -0.457 e. The highest BCUT2D eigenvalue weighted by Crippen LogP contribution is 2.22. The number of carbonyl (C=O) groups excluding carboxylic acids is 1. The molecule has 7 nitrogen and oxygen atoms in total. The van der Waals surface area contributed by atoms with Gasteiger partial charge in [-0.3, -0.25) is 4.79 Å². The van der Waals surface area contributed by atoms with Crippen LogP contribution in [0.3, 0.4) is 0 Å². The number of sulfonamides is 1. The second-order valence-electron chi connectivity index (χ2n) is 7.12. The molecule has 0 aliphatic rings. The van der Waals surface area contributed by atoms with E-state index in [4.69, 9.17) is 4.74 Å². The maximum atomic E-state index is 12.7. The van der Waals surface area contributed by atoms with Gasteiger partial charge in [0.05, 0.1) is 28.4 Å². The summed E-state index contributed by atoms with van der Waals surface area (Å²) in [5.74, 6) is 0.483. The van der Waals surface area contributed by atoms with Gasteiger partial charge >= 0.3 is 0 Å². The molecule has 0 saturated carbocycles. The van der Waals surface area contributed by atoms with Crippen molar-refractivity contribution in [2.75, 3.05) is 0 Å². The lowest BCUT2D eigenvalue weighted by molar-refractivity contribution is -0.118. The van der Waals surface area contributed by atoms with E-state index in [1.807, 2.05) is 55.5 Å². The Kier molecular flexibility index (Phi) is 6.04. The number of carbonyl (C=O) groups is 1. The van der Waals surface area contributed by atoms with Crippen LogP contribution in [0.2, 0.25) is 0 Å². The monoisotopic (exact) mass is 447 g/mol. The van der Waals surface area contributed by atoms with Crippen LogP contribution < -0.4 is 9.46 Å². The summed E-state index contributed by atoms with van der Waals surface area (Å²) in [5.41, 5.74) is 2.11. The van der Waals surface area contributed by atoms with E-state index in [-0.39, 0.29) is 11.3 Å². The van der Waals surface area contributed by atoms with Crippen LogP contribution in [0.5, 0.6) is 11.5 Å². The first-order chi connectivity index (χ1) is 15.4. The molecule has 162 valence electrons. The zero-order valence-electron chi connectivity index (χ0n) is 17.3. The van der Waals surface area contributed by atoms with Crippen LogP contribution in [0.25, 0.3) is 5.69 Å². The van der Waals surface area contributed by atoms with E-state index >= 15 is 0 Å². The Hall–Kier alpha value is -3.91. The van der Waals surface area contributed by atoms with Crippen molar-refractivity contribution >= 4 is 15.9 Å². The topological polar surface area (TPSA) is 90.3 Å². The summed E-state index contributed by atoms with van der Waals surface area (Å²) in [6.07, 6.45) is -0.135. The SMILES string of the molecule is Cc1cc(CC(=O)NS(=O)(=O)c2ccc(Oc3ccccc3)cc2)n(-c2ccccc2)n1. The maximum Gasteiger partial charge on any atom is 0.264 e. The number of aromatic nitrogens is 2. The van der Waals surface area contributed by atoms with E-state index in [1.54, 1.807) is 35.0 Å². The Morgan fingerprint density at radius 1 is 0.906 bits per heavy atom. The molecule has 1 N–H and O–H groups in total. The van der Waals surface area contributed by atoms with E-state index in [1.165, 1.54) is 12.1 Å². The molecule has 1 amide bonds. The smallest absolute Gasteiger partial charge is 0.264 e. The minimum absolute atomic E-state index is 0.0287. The Labute approximate surface area is 186 Å². The first-order valence-corrected chi connectivity index (χ1v) is 11.4. The zero-order chi connectivity index (χ0) is 22.6. The molecular formula is C24H21N3O4S. The molecule has 32 heavy (non-hydrogen) atoms. The van der Waals surface area contributed by atoms with Crippen LogP contribution in [0.15, 0.2) is 95.9 Å². The van der Waals surface area contributed by atoms with Crippen LogP contribution in [0.1, 0.15) is 11.4 Å². The fourth-order valence-corrected chi connectivity index (χ4v) is 4.18. The second-order valence-corrected chi connectivity index (χ2v) is 8.80. The van der Waals surface area contributed by atoms with Gasteiger partial charge in [-0.1, -0.05) is 36.4 Å². The van der Waals surface area contributed by atoms with Gasteiger partial charge in [0, 0.05) is 0 Å². The standard InChI is InChI=1S/C24H21N3O4S/c1-18-16-20(27(25-18)19-8-4-2-5-9-19)17-24(28)26-32(29,30)23-14-12-22(13-15-23)31-21-10-6-3-7-11-21/h2-16H,17H2,1H3,(H,26,28). The maximum absolute atomic E-state index is 12.7. The van der Waals surface area contributed by atoms with E-state index in [0.29, 0.717) is 17.2 Å². The van der Waals surface area contributed by atoms with Crippen molar-refractivity contribution in [3.8, 4) is 17.2 Å². The van der Waals surface area contributed by atoms with Crippen LogP contribution in [-0.4, -0.2) is 24.1 Å². The molecule has 0 spiro atoms. The molecule has 0 radical (unpaired) electrons. The number of amides is 1. The Morgan fingerprint density at radius 3 is 2.16 bits per heavy atom. The normalized spacial score (nSPS) is 11.2. The molecule has 0 atom stereocenters. The lowest BCUT2D eigenvalue weighted by atomic mass is 10.2. The molecule has 1 aromatic heterocycles. The van der Waals surface area contributed by atoms with Crippen molar-refractivity contribution in [3.05, 3.63) is 102 Å². The molecule has 3 aromatic carbocycles. The quantitative estimate of drug-likeness (QED) is 0.462. The highest BCUT2D eigenvalue weighted by molar-refractivity contribution is 7.90. The molecule has 0 aliphatic carbocycles. The lowest BCUT2D eigenvalue weighted by Gasteiger charge is -2.10. The summed E-state index contributed by atoms with van der Waals surface area (Å²) in [4.78, 5) is 12.5. The first-order valence-electron chi connectivity index (χ1n) is 9.90. The summed E-state index contributed by atoms with van der Waals surface area (Å²) in [5, 5.41) is 4.41. The van der Waals surface area contributed by atoms with Crippen molar-refractivity contribution in [3.63, 3.8) is 0 Å². The summed E-state index contributed by atoms with van der Waals surface area (Å²) in [6, 6.07) is 26.1. The number of nitrogens with zero attached hydrogens (tertiary/aromatic N) is 2. The number of hydrogen-bond donors (Lipinski definition) is 1. The number of aryl methyl sites for hydroxylation is 1. The Morgan fingerprint density at radius 2 is 1.50 bits per heavy atom. The van der Waals surface area contributed by atoms with Crippen molar-refractivity contribution in [1.29, 1.82) is 0 Å². The van der Waals surface area contributed by atoms with Crippen molar-refractivity contribution < 1.29 is 17.9 Å². The van der Waals surface area contributed by atoms with Crippen LogP contribution in [0, 0.1) is 6.92 Å². The predicted octanol–water partition coefficient (Wildman–Crippen LogP) is 4.02. The first kappa shape index (κ1) is 21.3. The number of nitrogens with one attached hydrogen (secondary N) is 1. The largest absolute Gasteiger partial charge is 0.457 e. The lowest BCUT2D eigenvalue weighted by Crippen LogP contribution is -2.32. The minimum atomic E-state index is -4.02. The number of ether oxygens (including phenoxy) is 1. The molecule has 4 rings (SSSR count). The van der Waals surface area contributed by atoms with Gasteiger partial charge < -0.3 is 4.74 Å². The Balaban J connectivity index is 1.45. The van der Waals surface area contributed by atoms with Crippen molar-refractivity contribution in [2.24, 2.45) is 0 Å². The molecule has 4 aromatic rings. The second kappa shape index (κ2) is 9.07. The van der Waals surface area contributed by atoms with E-state index in [2.05, 4.69) is 9.82 Å². The van der Waals surface area contributed by atoms with Gasteiger partial charge in [0.25, 0.3) is 10.0 Å². The van der Waals surface area contributed by atoms with Gasteiger partial charge in [-0.2, -0.15) is 5.10 Å². The summed E-state index contributed by atoms with van der Waals surface area (Å²) in [7, 11) is -4.02. The van der Waals surface area contributed by atoms with E-state index in [9.17, 15) is 13.2 Å². The van der Waals surface area contributed by atoms with Crippen molar-refractivity contribution in [1.82, 2.24) is 14.5 Å². The van der Waals surface area contributed by atoms with Gasteiger partial charge in [0.15, 0.2) is 0 Å². The predicted molar refractivity (Wildman–Crippen MR) is 120 cm³/mol. The van der Waals surface area contributed by atoms with Gasteiger partial charge in [-0.25, -0.2) is 17.8 Å². The van der Waals surface area contributed by atoms with Gasteiger partial charge in [0.2, 0.25) is 5.91 Å². The van der Waals surface area contributed by atoms with Crippen LogP contribution in [-0.2, 0) is 21.2 Å². The number of hydrogen-bond acceptors (Lipinski definition) is 5. The molecule has 8 heteroatoms. The van der Waals surface area contributed by atoms with Crippen LogP contribution >= 0.6 is 0 Å². The van der Waals surface area contributed by atoms with Crippen molar-refractivity contribution in [2.45, 2.75) is 18.2 Å². The molecule has 0 aliphatic heterocycles. The number of rotatable bonds is 7. The van der Waals surface area contributed by atoms with Gasteiger partial charge in [-0.15, -0.1) is 0 Å². The van der Waals surface area contributed by atoms with Gasteiger partial charge in [0.1, 0.15) is 11.5 Å². The fourth-order valence-electron chi connectivity index (χ4n) is 3.19. The summed E-state index contributed by atoms with van der Waals surface area (Å²) >= 11 is 0.